The first-order chi connectivity index (χ1) is 15.5. The molecule has 186 valence electrons. The van der Waals surface area contributed by atoms with Gasteiger partial charge in [-0.1, -0.05) is 0 Å². The van der Waals surface area contributed by atoms with Gasteiger partial charge in [0.25, 0.3) is 0 Å². The standard InChI is InChI=1S/C20H13F9INO3/c1-9-16(10-4-12(18(21,22)23)7-13(5-10)19(24,25)26)33-17(32)31(9)8-11-6-14(2-3-15(11)30)34-20(27,28)29/h2-7,9,16H,8H2,1H3/t9-,16-/m0/s1. The molecular weight excluding hydrogens is 600 g/mol. The molecule has 0 saturated carbocycles. The van der Waals surface area contributed by atoms with Crippen LogP contribution in [0.3, 0.4) is 0 Å². The Morgan fingerprint density at radius 3 is 2.00 bits per heavy atom. The molecule has 2 aromatic carbocycles. The van der Waals surface area contributed by atoms with Crippen molar-refractivity contribution in [2.24, 2.45) is 0 Å². The lowest BCUT2D eigenvalue weighted by Crippen LogP contribution is -2.32. The second-order valence-electron chi connectivity index (χ2n) is 7.31. The van der Waals surface area contributed by atoms with Gasteiger partial charge in [0.05, 0.1) is 23.7 Å². The SMILES string of the molecule is C[C@H]1[C@@H](c2cc(C(F)(F)F)cc(C(F)(F)F)c2)OC(=O)N1Cc1cc(OC(F)(F)F)ccc1I. The first kappa shape index (κ1) is 26.2. The molecule has 0 radical (unpaired) electrons. The van der Waals surface area contributed by atoms with Gasteiger partial charge in [-0.3, -0.25) is 4.90 Å². The molecule has 2 aromatic rings. The van der Waals surface area contributed by atoms with Crippen LogP contribution in [-0.4, -0.2) is 23.4 Å². The summed E-state index contributed by atoms with van der Waals surface area (Å²) >= 11 is 1.79. The quantitative estimate of drug-likeness (QED) is 0.268. The molecule has 0 bridgehead atoms. The van der Waals surface area contributed by atoms with Crippen molar-refractivity contribution in [2.45, 2.75) is 44.3 Å². The Balaban J connectivity index is 1.93. The van der Waals surface area contributed by atoms with Gasteiger partial charge in [-0.2, -0.15) is 26.3 Å². The molecule has 1 fully saturated rings. The number of benzene rings is 2. The van der Waals surface area contributed by atoms with Crippen molar-refractivity contribution in [3.05, 3.63) is 62.2 Å². The molecule has 3 rings (SSSR count). The predicted octanol–water partition coefficient (Wildman–Crippen LogP) is 7.31. The lowest BCUT2D eigenvalue weighted by atomic mass is 9.97. The van der Waals surface area contributed by atoms with E-state index in [1.807, 2.05) is 0 Å². The Bertz CT molecular complexity index is 1050. The minimum absolute atomic E-state index is 0.0444. The highest BCUT2D eigenvalue weighted by Crippen LogP contribution is 2.41. The summed E-state index contributed by atoms with van der Waals surface area (Å²) in [5.74, 6) is -0.563. The fourth-order valence-electron chi connectivity index (χ4n) is 3.36. The highest BCUT2D eigenvalue weighted by Gasteiger charge is 2.43. The molecule has 2 atom stereocenters. The number of hydrogen-bond donors (Lipinski definition) is 0. The van der Waals surface area contributed by atoms with E-state index in [0.29, 0.717) is 15.7 Å². The fourth-order valence-corrected chi connectivity index (χ4v) is 3.86. The Kier molecular flexibility index (Phi) is 6.94. The first-order valence-electron chi connectivity index (χ1n) is 9.26. The molecule has 0 aliphatic carbocycles. The Hall–Kier alpha value is -2.39. The van der Waals surface area contributed by atoms with Gasteiger partial charge in [0, 0.05) is 3.57 Å². The number of alkyl halides is 9. The van der Waals surface area contributed by atoms with Gasteiger partial charge in [-0.25, -0.2) is 4.79 Å². The average Bonchev–Trinajstić information content (AvgIpc) is 2.96. The zero-order chi connectivity index (χ0) is 25.6. The van der Waals surface area contributed by atoms with E-state index in [9.17, 15) is 44.3 Å². The Morgan fingerprint density at radius 1 is 0.941 bits per heavy atom. The van der Waals surface area contributed by atoms with E-state index in [-0.39, 0.29) is 18.2 Å². The highest BCUT2D eigenvalue weighted by atomic mass is 127. The first-order valence-corrected chi connectivity index (χ1v) is 10.3. The number of hydrogen-bond acceptors (Lipinski definition) is 3. The normalized spacial score (nSPS) is 19.4. The van der Waals surface area contributed by atoms with E-state index in [0.717, 1.165) is 17.0 Å². The van der Waals surface area contributed by atoms with Crippen molar-refractivity contribution in [3.63, 3.8) is 0 Å². The van der Waals surface area contributed by atoms with Crippen LogP contribution in [0.15, 0.2) is 36.4 Å². The summed E-state index contributed by atoms with van der Waals surface area (Å²) < 4.78 is 126. The summed E-state index contributed by atoms with van der Waals surface area (Å²) in [5.41, 5.74) is -3.45. The van der Waals surface area contributed by atoms with Crippen molar-refractivity contribution in [1.29, 1.82) is 0 Å². The summed E-state index contributed by atoms with van der Waals surface area (Å²) in [5, 5.41) is 0. The summed E-state index contributed by atoms with van der Waals surface area (Å²) in [4.78, 5) is 13.4. The summed E-state index contributed by atoms with van der Waals surface area (Å²) in [7, 11) is 0. The molecule has 0 unspecified atom stereocenters. The molecule has 4 nitrogen and oxygen atoms in total. The molecular formula is C20H13F9INO3. The van der Waals surface area contributed by atoms with Crippen LogP contribution in [0.4, 0.5) is 44.3 Å². The third kappa shape index (κ3) is 5.99. The number of halogens is 10. The molecule has 1 amide bonds. The lowest BCUT2D eigenvalue weighted by Gasteiger charge is -2.23. The Labute approximate surface area is 199 Å². The number of ether oxygens (including phenoxy) is 2. The van der Waals surface area contributed by atoms with Gasteiger partial charge in [-0.15, -0.1) is 13.2 Å². The van der Waals surface area contributed by atoms with Crippen LogP contribution < -0.4 is 4.74 Å². The molecule has 1 aliphatic heterocycles. The molecule has 0 spiro atoms. The van der Waals surface area contributed by atoms with Crippen molar-refractivity contribution < 1.29 is 53.8 Å². The van der Waals surface area contributed by atoms with E-state index >= 15 is 0 Å². The molecule has 0 aromatic heterocycles. The average molecular weight is 613 g/mol. The van der Waals surface area contributed by atoms with Gasteiger partial charge in [-0.05, 0) is 77.0 Å². The summed E-state index contributed by atoms with van der Waals surface area (Å²) in [6.45, 7) is 1.01. The maximum Gasteiger partial charge on any atom is 0.573 e. The van der Waals surface area contributed by atoms with E-state index in [4.69, 9.17) is 4.74 Å². The minimum atomic E-state index is -5.09. The summed E-state index contributed by atoms with van der Waals surface area (Å²) in [6.07, 6.45) is -17.7. The van der Waals surface area contributed by atoms with Crippen molar-refractivity contribution in [2.75, 3.05) is 0 Å². The molecule has 0 N–H and O–H groups in total. The number of carbonyl (C=O) groups excluding carboxylic acids is 1. The topological polar surface area (TPSA) is 38.8 Å². The van der Waals surface area contributed by atoms with Crippen LogP contribution in [0.5, 0.6) is 5.75 Å². The van der Waals surface area contributed by atoms with E-state index < -0.39 is 59.4 Å². The van der Waals surface area contributed by atoms with Crippen molar-refractivity contribution in [1.82, 2.24) is 4.90 Å². The second-order valence-corrected chi connectivity index (χ2v) is 8.48. The maximum absolute atomic E-state index is 13.2. The van der Waals surface area contributed by atoms with Crippen LogP contribution in [0.2, 0.25) is 0 Å². The monoisotopic (exact) mass is 613 g/mol. The maximum atomic E-state index is 13.2. The predicted molar refractivity (Wildman–Crippen MR) is 107 cm³/mol. The Morgan fingerprint density at radius 2 is 1.50 bits per heavy atom. The third-order valence-electron chi connectivity index (χ3n) is 4.92. The zero-order valence-electron chi connectivity index (χ0n) is 16.8. The molecule has 1 heterocycles. The van der Waals surface area contributed by atoms with Crippen LogP contribution in [0.1, 0.15) is 35.3 Å². The number of amides is 1. The van der Waals surface area contributed by atoms with Crippen molar-refractivity contribution in [3.8, 4) is 5.75 Å². The van der Waals surface area contributed by atoms with E-state index in [1.165, 1.54) is 13.0 Å². The third-order valence-corrected chi connectivity index (χ3v) is 5.97. The number of rotatable bonds is 4. The van der Waals surface area contributed by atoms with Gasteiger partial charge in [0.2, 0.25) is 0 Å². The highest BCUT2D eigenvalue weighted by molar-refractivity contribution is 14.1. The fraction of sp³-hybridized carbons (Fsp3) is 0.350. The van der Waals surface area contributed by atoms with E-state index in [1.54, 1.807) is 22.6 Å². The van der Waals surface area contributed by atoms with Crippen LogP contribution in [-0.2, 0) is 23.6 Å². The van der Waals surface area contributed by atoms with Gasteiger partial charge in [0.15, 0.2) is 0 Å². The van der Waals surface area contributed by atoms with Gasteiger partial charge < -0.3 is 9.47 Å². The van der Waals surface area contributed by atoms with Gasteiger partial charge in [0.1, 0.15) is 11.9 Å². The van der Waals surface area contributed by atoms with Gasteiger partial charge >= 0.3 is 24.8 Å². The molecule has 34 heavy (non-hydrogen) atoms. The molecule has 1 saturated heterocycles. The number of carbonyl (C=O) groups is 1. The van der Waals surface area contributed by atoms with Crippen LogP contribution >= 0.6 is 22.6 Å². The minimum Gasteiger partial charge on any atom is -0.439 e. The van der Waals surface area contributed by atoms with Crippen LogP contribution in [0, 0.1) is 3.57 Å². The number of nitrogens with zero attached hydrogens (tertiary/aromatic N) is 1. The molecule has 1 aliphatic rings. The smallest absolute Gasteiger partial charge is 0.439 e. The second kappa shape index (κ2) is 9.00. The zero-order valence-corrected chi connectivity index (χ0v) is 18.9. The van der Waals surface area contributed by atoms with Crippen LogP contribution in [0.25, 0.3) is 0 Å². The number of cyclic esters (lactones) is 1. The van der Waals surface area contributed by atoms with E-state index in [2.05, 4.69) is 4.74 Å². The molecule has 14 heteroatoms. The largest absolute Gasteiger partial charge is 0.573 e. The lowest BCUT2D eigenvalue weighted by molar-refractivity contribution is -0.274. The van der Waals surface area contributed by atoms with Crippen molar-refractivity contribution >= 4 is 28.7 Å². The summed E-state index contributed by atoms with van der Waals surface area (Å²) in [6, 6.07) is 3.22.